The van der Waals surface area contributed by atoms with Gasteiger partial charge in [0.2, 0.25) is 0 Å². The molecule has 1 unspecified atom stereocenters. The molecule has 188 valence electrons. The van der Waals surface area contributed by atoms with Crippen LogP contribution in [0.4, 0.5) is 21.7 Å². The van der Waals surface area contributed by atoms with Crippen LogP contribution in [0.15, 0.2) is 74.3 Å². The summed E-state index contributed by atoms with van der Waals surface area (Å²) >= 11 is 0. The Hall–Kier alpha value is -4.31. The van der Waals surface area contributed by atoms with E-state index in [1.165, 1.54) is 6.07 Å². The van der Waals surface area contributed by atoms with E-state index in [0.717, 1.165) is 11.4 Å². The molecule has 2 atom stereocenters. The molecule has 3 heterocycles. The van der Waals surface area contributed by atoms with Crippen LogP contribution in [-0.2, 0) is 6.42 Å². The number of nitrogens with zero attached hydrogens (tertiary/aromatic N) is 5. The fourth-order valence-corrected chi connectivity index (χ4v) is 3.45. The Balaban J connectivity index is 1.93. The molecular weight excluding hydrogens is 457 g/mol. The maximum absolute atomic E-state index is 15.0. The van der Waals surface area contributed by atoms with Gasteiger partial charge in [-0.05, 0) is 31.9 Å². The number of pyridine rings is 2. The molecule has 0 aliphatic carbocycles. The third kappa shape index (κ3) is 6.63. The Morgan fingerprint density at radius 3 is 2.69 bits per heavy atom. The lowest BCUT2D eigenvalue weighted by atomic mass is 10.1. The van der Waals surface area contributed by atoms with E-state index in [1.807, 2.05) is 44.2 Å². The van der Waals surface area contributed by atoms with Crippen LogP contribution in [0.2, 0.25) is 0 Å². The Morgan fingerprint density at radius 1 is 1.25 bits per heavy atom. The highest BCUT2D eigenvalue weighted by atomic mass is 19.1. The number of nitrogens with two attached hydrogens (primary N) is 2. The van der Waals surface area contributed by atoms with E-state index >= 15 is 4.39 Å². The lowest BCUT2D eigenvalue weighted by Crippen LogP contribution is -2.38. The number of allylic oxidation sites excluding steroid dienone is 4. The van der Waals surface area contributed by atoms with Gasteiger partial charge in [-0.2, -0.15) is 0 Å². The van der Waals surface area contributed by atoms with Gasteiger partial charge in [0.25, 0.3) is 0 Å². The van der Waals surface area contributed by atoms with Crippen LogP contribution in [0.3, 0.4) is 0 Å². The van der Waals surface area contributed by atoms with Crippen molar-refractivity contribution in [3.63, 3.8) is 0 Å². The fraction of sp³-hybridized carbons (Fsp3) is 0.231. The molecular formula is C26H32FN9. The van der Waals surface area contributed by atoms with Crippen molar-refractivity contribution in [2.24, 2.45) is 11.5 Å². The highest BCUT2D eigenvalue weighted by Crippen LogP contribution is 2.28. The normalized spacial score (nSPS) is 13.1. The maximum atomic E-state index is 15.0. The Labute approximate surface area is 210 Å². The van der Waals surface area contributed by atoms with E-state index in [9.17, 15) is 0 Å². The predicted octanol–water partition coefficient (Wildman–Crippen LogP) is 4.25. The molecule has 9 nitrogen and oxygen atoms in total. The Morgan fingerprint density at radius 2 is 2.06 bits per heavy atom. The number of rotatable bonds is 12. The zero-order valence-corrected chi connectivity index (χ0v) is 20.5. The minimum Gasteiger partial charge on any atom is -0.399 e. The van der Waals surface area contributed by atoms with Gasteiger partial charge in [-0.25, -0.2) is 14.1 Å². The first-order valence-electron chi connectivity index (χ1n) is 11.6. The SMILES string of the molecule is C=C/C=C\C=C/CC(Nc1nc(Nc2cnc(CC)c(-n3ccnn3)c2)c(C(=C)N)cc1F)[C@H](C)N. The summed E-state index contributed by atoms with van der Waals surface area (Å²) in [6.07, 6.45) is 15.5. The summed E-state index contributed by atoms with van der Waals surface area (Å²) in [7, 11) is 0. The van der Waals surface area contributed by atoms with E-state index in [0.29, 0.717) is 29.9 Å². The van der Waals surface area contributed by atoms with E-state index in [4.69, 9.17) is 11.5 Å². The molecule has 36 heavy (non-hydrogen) atoms. The summed E-state index contributed by atoms with van der Waals surface area (Å²) in [6.45, 7) is 11.3. The van der Waals surface area contributed by atoms with Gasteiger partial charge in [0.1, 0.15) is 5.82 Å². The monoisotopic (exact) mass is 489 g/mol. The van der Waals surface area contributed by atoms with Gasteiger partial charge < -0.3 is 22.1 Å². The van der Waals surface area contributed by atoms with Gasteiger partial charge in [0.15, 0.2) is 11.6 Å². The first-order chi connectivity index (χ1) is 17.3. The average Bonchev–Trinajstić information content (AvgIpc) is 3.39. The van der Waals surface area contributed by atoms with Gasteiger partial charge in [-0.15, -0.1) is 5.10 Å². The molecule has 0 aromatic carbocycles. The standard InChI is InChI=1S/C26H32FN9/c1-5-7-8-9-10-11-23(18(4)29)33-26-21(27)15-20(17(3)28)25(34-26)32-19-14-24(22(6-2)30-16-19)36-13-12-31-35-36/h5,7-10,12-16,18,23H,1,3,6,11,28-29H2,2,4H3,(H2,32,33,34)/b8-7-,10-9-/t18-,23?/m0/s1. The van der Waals surface area contributed by atoms with Crippen molar-refractivity contribution < 1.29 is 4.39 Å². The first kappa shape index (κ1) is 26.3. The summed E-state index contributed by atoms with van der Waals surface area (Å²) in [6, 6.07) is 2.64. The average molecular weight is 490 g/mol. The van der Waals surface area contributed by atoms with Crippen LogP contribution in [0.25, 0.3) is 11.4 Å². The molecule has 0 fully saturated rings. The van der Waals surface area contributed by atoms with Gasteiger partial charge >= 0.3 is 0 Å². The summed E-state index contributed by atoms with van der Waals surface area (Å²) in [5, 5.41) is 14.3. The summed E-state index contributed by atoms with van der Waals surface area (Å²) in [4.78, 5) is 9.03. The molecule has 0 spiro atoms. The quantitative estimate of drug-likeness (QED) is 0.278. The third-order valence-electron chi connectivity index (χ3n) is 5.38. The molecule has 6 N–H and O–H groups in total. The van der Waals surface area contributed by atoms with Crippen molar-refractivity contribution in [3.05, 3.63) is 91.3 Å². The van der Waals surface area contributed by atoms with Crippen molar-refractivity contribution in [2.75, 3.05) is 10.6 Å². The highest BCUT2D eigenvalue weighted by Gasteiger charge is 2.19. The minimum atomic E-state index is -0.564. The van der Waals surface area contributed by atoms with Crippen molar-refractivity contribution in [1.29, 1.82) is 0 Å². The van der Waals surface area contributed by atoms with Gasteiger partial charge in [0.05, 0.1) is 35.7 Å². The molecule has 0 amide bonds. The number of hydrogen-bond donors (Lipinski definition) is 4. The molecule has 3 rings (SSSR count). The van der Waals surface area contributed by atoms with Gasteiger partial charge in [0, 0.05) is 23.3 Å². The fourth-order valence-electron chi connectivity index (χ4n) is 3.45. The van der Waals surface area contributed by atoms with Crippen LogP contribution in [0.5, 0.6) is 0 Å². The number of halogens is 1. The molecule has 3 aromatic heterocycles. The lowest BCUT2D eigenvalue weighted by molar-refractivity contribution is 0.580. The number of aryl methyl sites for hydroxylation is 1. The summed E-state index contributed by atoms with van der Waals surface area (Å²) < 4.78 is 16.7. The van der Waals surface area contributed by atoms with Crippen molar-refractivity contribution in [1.82, 2.24) is 25.0 Å². The van der Waals surface area contributed by atoms with E-state index < -0.39 is 5.82 Å². The number of aromatic nitrogens is 5. The Bertz CT molecular complexity index is 1250. The van der Waals surface area contributed by atoms with Crippen molar-refractivity contribution >= 4 is 23.0 Å². The van der Waals surface area contributed by atoms with Crippen LogP contribution in [0.1, 0.15) is 31.5 Å². The second-order valence-electron chi connectivity index (χ2n) is 8.15. The summed E-state index contributed by atoms with van der Waals surface area (Å²) in [5.41, 5.74) is 14.8. The number of hydrogen-bond acceptors (Lipinski definition) is 8. The van der Waals surface area contributed by atoms with Gasteiger partial charge in [-0.3, -0.25) is 4.98 Å². The molecule has 3 aromatic rings. The summed E-state index contributed by atoms with van der Waals surface area (Å²) in [5.74, 6) is -0.185. The van der Waals surface area contributed by atoms with Crippen LogP contribution < -0.4 is 22.1 Å². The second kappa shape index (κ2) is 12.4. The van der Waals surface area contributed by atoms with Gasteiger partial charge in [-0.1, -0.05) is 55.7 Å². The van der Waals surface area contributed by atoms with Crippen LogP contribution >= 0.6 is 0 Å². The molecule has 0 saturated heterocycles. The second-order valence-corrected chi connectivity index (χ2v) is 8.15. The topological polar surface area (TPSA) is 133 Å². The smallest absolute Gasteiger partial charge is 0.166 e. The highest BCUT2D eigenvalue weighted by molar-refractivity contribution is 5.76. The third-order valence-corrected chi connectivity index (χ3v) is 5.38. The largest absolute Gasteiger partial charge is 0.399 e. The molecule has 0 aliphatic rings. The van der Waals surface area contributed by atoms with Crippen LogP contribution in [-0.4, -0.2) is 37.0 Å². The predicted molar refractivity (Wildman–Crippen MR) is 143 cm³/mol. The number of anilines is 3. The molecule has 0 aliphatic heterocycles. The first-order valence-corrected chi connectivity index (χ1v) is 11.6. The maximum Gasteiger partial charge on any atom is 0.166 e. The molecule has 10 heteroatoms. The minimum absolute atomic E-state index is 0.0504. The molecule has 0 radical (unpaired) electrons. The van der Waals surface area contributed by atoms with Crippen molar-refractivity contribution in [3.8, 4) is 5.69 Å². The van der Waals surface area contributed by atoms with E-state index in [-0.39, 0.29) is 23.6 Å². The molecule has 0 bridgehead atoms. The van der Waals surface area contributed by atoms with E-state index in [1.54, 1.807) is 29.3 Å². The van der Waals surface area contributed by atoms with Crippen molar-refractivity contribution in [2.45, 2.75) is 38.8 Å². The zero-order valence-electron chi connectivity index (χ0n) is 20.5. The van der Waals surface area contributed by atoms with E-state index in [2.05, 4.69) is 44.1 Å². The number of nitrogens with one attached hydrogen (secondary N) is 2. The lowest BCUT2D eigenvalue weighted by Gasteiger charge is -2.23. The van der Waals surface area contributed by atoms with Crippen LogP contribution in [0, 0.1) is 5.82 Å². The zero-order chi connectivity index (χ0) is 26.1. The Kier molecular flexibility index (Phi) is 9.07. The molecule has 0 saturated carbocycles.